The number of hydrogen-bond donors (Lipinski definition) is 1. The zero-order valence-electron chi connectivity index (χ0n) is 12.2. The van der Waals surface area contributed by atoms with Crippen LogP contribution >= 0.6 is 0 Å². The van der Waals surface area contributed by atoms with Gasteiger partial charge in [0.05, 0.1) is 4.92 Å². The van der Waals surface area contributed by atoms with E-state index in [9.17, 15) is 29.3 Å². The van der Waals surface area contributed by atoms with Gasteiger partial charge in [0.15, 0.2) is 5.92 Å². The summed E-state index contributed by atoms with van der Waals surface area (Å²) in [5, 5.41) is 13.0. The van der Waals surface area contributed by atoms with Crippen molar-refractivity contribution >= 4 is 35.1 Å². The number of amides is 5. The van der Waals surface area contributed by atoms with Crippen molar-refractivity contribution in [3.05, 3.63) is 34.4 Å². The van der Waals surface area contributed by atoms with Gasteiger partial charge in [-0.05, 0) is 6.07 Å². The molecule has 0 radical (unpaired) electrons. The van der Waals surface area contributed by atoms with Gasteiger partial charge in [0.2, 0.25) is 5.91 Å². The molecule has 1 aliphatic rings. The lowest BCUT2D eigenvalue weighted by atomic mass is 10.0. The van der Waals surface area contributed by atoms with Gasteiger partial charge in [-0.1, -0.05) is 6.07 Å². The number of nitro groups is 1. The molecule has 10 nitrogen and oxygen atoms in total. The Bertz CT molecular complexity index is 707. The zero-order chi connectivity index (χ0) is 17.3. The Morgan fingerprint density at radius 2 is 1.74 bits per heavy atom. The largest absolute Gasteiger partial charge is 0.332 e. The van der Waals surface area contributed by atoms with E-state index in [-0.39, 0.29) is 11.4 Å². The molecule has 2 rings (SSSR count). The van der Waals surface area contributed by atoms with Gasteiger partial charge in [-0.25, -0.2) is 4.79 Å². The van der Waals surface area contributed by atoms with Gasteiger partial charge in [0.1, 0.15) is 0 Å². The lowest BCUT2D eigenvalue weighted by molar-refractivity contribution is -0.384. The Hall–Kier alpha value is -3.30. The molecule has 23 heavy (non-hydrogen) atoms. The summed E-state index contributed by atoms with van der Waals surface area (Å²) in [7, 11) is 2.31. The van der Waals surface area contributed by atoms with Crippen LogP contribution in [-0.4, -0.2) is 52.6 Å². The molecule has 1 saturated heterocycles. The molecule has 10 heteroatoms. The summed E-state index contributed by atoms with van der Waals surface area (Å²) in [5.41, 5.74) is -0.194. The number of barbiturate groups is 1. The number of urea groups is 1. The van der Waals surface area contributed by atoms with Crippen molar-refractivity contribution < 1.29 is 24.1 Å². The van der Waals surface area contributed by atoms with Crippen LogP contribution in [0.1, 0.15) is 0 Å². The summed E-state index contributed by atoms with van der Waals surface area (Å²) in [6.07, 6.45) is 0. The van der Waals surface area contributed by atoms with Crippen LogP contribution < -0.4 is 5.32 Å². The van der Waals surface area contributed by atoms with Gasteiger partial charge in [-0.3, -0.25) is 34.3 Å². The molecule has 0 bridgehead atoms. The minimum atomic E-state index is -1.72. The van der Waals surface area contributed by atoms with Gasteiger partial charge in [-0.15, -0.1) is 0 Å². The third kappa shape index (κ3) is 2.86. The van der Waals surface area contributed by atoms with Crippen molar-refractivity contribution in [3.63, 3.8) is 0 Å². The van der Waals surface area contributed by atoms with Crippen molar-refractivity contribution in [1.82, 2.24) is 9.80 Å². The fourth-order valence-corrected chi connectivity index (χ4v) is 2.04. The number of benzene rings is 1. The maximum Gasteiger partial charge on any atom is 0.332 e. The molecule has 1 aromatic rings. The molecule has 0 aromatic heterocycles. The van der Waals surface area contributed by atoms with Crippen LogP contribution in [0.25, 0.3) is 0 Å². The number of nitro benzene ring substituents is 1. The minimum Gasteiger partial charge on any atom is -0.325 e. The fourth-order valence-electron chi connectivity index (χ4n) is 2.04. The van der Waals surface area contributed by atoms with E-state index in [1.807, 2.05) is 0 Å². The summed E-state index contributed by atoms with van der Waals surface area (Å²) in [4.78, 5) is 59.1. The van der Waals surface area contributed by atoms with Crippen LogP contribution in [0.15, 0.2) is 24.3 Å². The topological polar surface area (TPSA) is 130 Å². The maximum absolute atomic E-state index is 12.2. The summed E-state index contributed by atoms with van der Waals surface area (Å²) >= 11 is 0. The number of non-ortho nitro benzene ring substituents is 1. The second-order valence-electron chi connectivity index (χ2n) is 4.81. The highest BCUT2D eigenvalue weighted by atomic mass is 16.6. The summed E-state index contributed by atoms with van der Waals surface area (Å²) < 4.78 is 0. The smallest absolute Gasteiger partial charge is 0.325 e. The van der Waals surface area contributed by atoms with Crippen LogP contribution in [0, 0.1) is 16.0 Å². The molecule has 120 valence electrons. The Morgan fingerprint density at radius 3 is 2.26 bits per heavy atom. The number of anilines is 1. The first-order valence-corrected chi connectivity index (χ1v) is 6.38. The van der Waals surface area contributed by atoms with Gasteiger partial charge in [0.25, 0.3) is 17.5 Å². The summed E-state index contributed by atoms with van der Waals surface area (Å²) in [5.74, 6) is -4.60. The Kier molecular flexibility index (Phi) is 4.08. The number of nitrogens with zero attached hydrogens (tertiary/aromatic N) is 3. The third-order valence-corrected chi connectivity index (χ3v) is 3.32. The van der Waals surface area contributed by atoms with E-state index < -0.39 is 34.6 Å². The standard InChI is InChI=1S/C13H12N4O6/c1-15-11(19)9(12(20)16(2)13(15)21)10(18)14-7-4-3-5-8(6-7)17(22)23/h3-6,9H,1-2H3,(H,14,18). The van der Waals surface area contributed by atoms with E-state index in [0.717, 1.165) is 20.2 Å². The van der Waals surface area contributed by atoms with Gasteiger partial charge < -0.3 is 5.32 Å². The van der Waals surface area contributed by atoms with Crippen LogP contribution in [0.5, 0.6) is 0 Å². The molecule has 1 fully saturated rings. The van der Waals surface area contributed by atoms with Gasteiger partial charge in [-0.2, -0.15) is 0 Å². The molecular weight excluding hydrogens is 308 g/mol. The van der Waals surface area contributed by atoms with Crippen molar-refractivity contribution in [2.24, 2.45) is 5.92 Å². The Morgan fingerprint density at radius 1 is 1.17 bits per heavy atom. The molecule has 0 atom stereocenters. The minimum absolute atomic E-state index is 0.0620. The number of nitrogens with one attached hydrogen (secondary N) is 1. The maximum atomic E-state index is 12.2. The molecule has 0 aliphatic carbocycles. The second-order valence-corrected chi connectivity index (χ2v) is 4.81. The summed E-state index contributed by atoms with van der Waals surface area (Å²) in [6.45, 7) is 0. The van der Waals surface area contributed by atoms with E-state index in [0.29, 0.717) is 9.80 Å². The Labute approximate surface area is 129 Å². The highest BCUT2D eigenvalue weighted by molar-refractivity contribution is 6.27. The third-order valence-electron chi connectivity index (χ3n) is 3.32. The van der Waals surface area contributed by atoms with E-state index in [2.05, 4.69) is 5.32 Å². The lowest BCUT2D eigenvalue weighted by Gasteiger charge is -2.31. The van der Waals surface area contributed by atoms with E-state index in [1.54, 1.807) is 0 Å². The molecule has 0 saturated carbocycles. The van der Waals surface area contributed by atoms with Gasteiger partial charge in [0, 0.05) is 31.9 Å². The monoisotopic (exact) mass is 320 g/mol. The first kappa shape index (κ1) is 16.1. The highest BCUT2D eigenvalue weighted by Gasteiger charge is 2.46. The average molecular weight is 320 g/mol. The van der Waals surface area contributed by atoms with E-state index >= 15 is 0 Å². The number of carbonyl (C=O) groups excluding carboxylic acids is 4. The van der Waals surface area contributed by atoms with Crippen molar-refractivity contribution in [2.75, 3.05) is 19.4 Å². The average Bonchev–Trinajstić information content (AvgIpc) is 2.51. The SMILES string of the molecule is CN1C(=O)C(C(=O)Nc2cccc([N+](=O)[O-])c2)C(=O)N(C)C1=O. The van der Waals surface area contributed by atoms with E-state index in [4.69, 9.17) is 0 Å². The van der Waals surface area contributed by atoms with Crippen LogP contribution in [0.3, 0.4) is 0 Å². The van der Waals surface area contributed by atoms with Crippen LogP contribution in [0.4, 0.5) is 16.2 Å². The molecule has 0 unspecified atom stereocenters. The molecular formula is C13H12N4O6. The molecule has 0 spiro atoms. The highest BCUT2D eigenvalue weighted by Crippen LogP contribution is 2.20. The molecule has 1 aromatic carbocycles. The summed E-state index contributed by atoms with van der Waals surface area (Å²) in [6, 6.07) is 4.21. The zero-order valence-corrected chi connectivity index (χ0v) is 12.2. The first-order valence-electron chi connectivity index (χ1n) is 6.38. The normalized spacial score (nSPS) is 15.8. The quantitative estimate of drug-likeness (QED) is 0.481. The second kappa shape index (κ2) is 5.83. The number of hydrogen-bond acceptors (Lipinski definition) is 6. The molecule has 5 amide bonds. The number of carbonyl (C=O) groups is 4. The van der Waals surface area contributed by atoms with Crippen molar-refractivity contribution in [1.29, 1.82) is 0 Å². The van der Waals surface area contributed by atoms with Crippen molar-refractivity contribution in [2.45, 2.75) is 0 Å². The molecule has 1 N–H and O–H groups in total. The Balaban J connectivity index is 2.24. The molecule has 1 heterocycles. The van der Waals surface area contributed by atoms with Gasteiger partial charge >= 0.3 is 6.03 Å². The fraction of sp³-hybridized carbons (Fsp3) is 0.231. The lowest BCUT2D eigenvalue weighted by Crippen LogP contribution is -2.59. The number of imide groups is 2. The molecule has 1 aliphatic heterocycles. The van der Waals surface area contributed by atoms with Crippen LogP contribution in [-0.2, 0) is 14.4 Å². The van der Waals surface area contributed by atoms with E-state index in [1.165, 1.54) is 18.2 Å². The predicted molar refractivity (Wildman–Crippen MR) is 76.2 cm³/mol. The number of rotatable bonds is 3. The van der Waals surface area contributed by atoms with Crippen LogP contribution in [0.2, 0.25) is 0 Å². The van der Waals surface area contributed by atoms with Crippen molar-refractivity contribution in [3.8, 4) is 0 Å². The predicted octanol–water partition coefficient (Wildman–Crippen LogP) is 0.200. The first-order chi connectivity index (χ1) is 10.7.